The first kappa shape index (κ1) is 13.6. The van der Waals surface area contributed by atoms with E-state index in [-0.39, 0.29) is 6.10 Å². The number of thiazole rings is 1. The molecule has 0 bridgehead atoms. The lowest BCUT2D eigenvalue weighted by Crippen LogP contribution is -2.26. The van der Waals surface area contributed by atoms with Gasteiger partial charge in [0.05, 0.1) is 11.1 Å². The Kier molecular flexibility index (Phi) is 5.95. The van der Waals surface area contributed by atoms with Gasteiger partial charge in [-0.05, 0) is 13.8 Å². The highest BCUT2D eigenvalue weighted by molar-refractivity contribution is 7.11. The lowest BCUT2D eigenvalue weighted by atomic mass is 10.2. The van der Waals surface area contributed by atoms with Gasteiger partial charge < -0.3 is 10.1 Å². The van der Waals surface area contributed by atoms with E-state index in [9.17, 15) is 0 Å². The van der Waals surface area contributed by atoms with Crippen LogP contribution in [0.4, 0.5) is 0 Å². The number of hydrogen-bond acceptors (Lipinski definition) is 4. The third kappa shape index (κ3) is 4.60. The molecular weight excluding hydrogens is 220 g/mol. The summed E-state index contributed by atoms with van der Waals surface area (Å²) in [5.41, 5.74) is 0. The van der Waals surface area contributed by atoms with Crippen molar-refractivity contribution < 1.29 is 4.74 Å². The molecule has 1 aromatic heterocycles. The average molecular weight is 242 g/mol. The molecule has 1 rings (SSSR count). The van der Waals surface area contributed by atoms with Crippen molar-refractivity contribution in [3.8, 4) is 0 Å². The van der Waals surface area contributed by atoms with Crippen LogP contribution in [0.2, 0.25) is 0 Å². The Morgan fingerprint density at radius 3 is 2.75 bits per heavy atom. The number of nitrogens with one attached hydrogen (secondary N) is 1. The zero-order valence-electron chi connectivity index (χ0n) is 10.6. The maximum absolute atomic E-state index is 5.45. The summed E-state index contributed by atoms with van der Waals surface area (Å²) in [6.45, 7) is 11.0. The van der Waals surface area contributed by atoms with Crippen molar-refractivity contribution in [1.29, 1.82) is 0 Å². The van der Waals surface area contributed by atoms with Crippen molar-refractivity contribution >= 4 is 11.3 Å². The molecule has 16 heavy (non-hydrogen) atoms. The quantitative estimate of drug-likeness (QED) is 0.798. The molecular formula is C12H22N2OS. The van der Waals surface area contributed by atoms with Gasteiger partial charge in [-0.3, -0.25) is 0 Å². The Labute approximate surface area is 102 Å². The van der Waals surface area contributed by atoms with E-state index in [1.165, 1.54) is 9.88 Å². The molecule has 0 aliphatic carbocycles. The fourth-order valence-corrected chi connectivity index (χ4v) is 2.30. The molecule has 0 fully saturated rings. The number of hydrogen-bond donors (Lipinski definition) is 1. The molecule has 0 saturated carbocycles. The van der Waals surface area contributed by atoms with Crippen molar-refractivity contribution in [2.75, 3.05) is 13.2 Å². The second kappa shape index (κ2) is 6.99. The molecule has 0 amide bonds. The Hall–Kier alpha value is -0.450. The zero-order valence-corrected chi connectivity index (χ0v) is 11.4. The van der Waals surface area contributed by atoms with Gasteiger partial charge in [0.15, 0.2) is 0 Å². The average Bonchev–Trinajstić information content (AvgIpc) is 2.67. The Morgan fingerprint density at radius 1 is 1.44 bits per heavy atom. The fourth-order valence-electron chi connectivity index (χ4n) is 1.41. The molecule has 1 heterocycles. The van der Waals surface area contributed by atoms with Crippen molar-refractivity contribution in [3.63, 3.8) is 0 Å². The third-order valence-corrected chi connectivity index (χ3v) is 3.55. The molecule has 0 aromatic carbocycles. The van der Waals surface area contributed by atoms with Crippen LogP contribution in [0.5, 0.6) is 0 Å². The van der Waals surface area contributed by atoms with E-state index >= 15 is 0 Å². The van der Waals surface area contributed by atoms with Crippen LogP contribution in [0.1, 0.15) is 43.5 Å². The molecule has 3 nitrogen and oxygen atoms in total. The van der Waals surface area contributed by atoms with Gasteiger partial charge in [-0.25, -0.2) is 4.98 Å². The van der Waals surface area contributed by atoms with E-state index in [0.29, 0.717) is 5.92 Å². The van der Waals surface area contributed by atoms with Gasteiger partial charge in [-0.2, -0.15) is 0 Å². The number of rotatable bonds is 7. The van der Waals surface area contributed by atoms with Gasteiger partial charge in [0, 0.05) is 36.7 Å². The summed E-state index contributed by atoms with van der Waals surface area (Å²) in [5, 5.41) is 4.60. The minimum absolute atomic E-state index is 0.280. The number of ether oxygens (including phenoxy) is 1. The highest BCUT2D eigenvalue weighted by Gasteiger charge is 2.06. The van der Waals surface area contributed by atoms with Gasteiger partial charge in [0.25, 0.3) is 0 Å². The first-order chi connectivity index (χ1) is 7.63. The van der Waals surface area contributed by atoms with Crippen LogP contribution in [0.15, 0.2) is 6.20 Å². The third-order valence-electron chi connectivity index (χ3n) is 2.25. The highest BCUT2D eigenvalue weighted by atomic mass is 32.1. The highest BCUT2D eigenvalue weighted by Crippen LogP contribution is 2.20. The minimum atomic E-state index is 0.280. The van der Waals surface area contributed by atoms with Crippen LogP contribution in [-0.2, 0) is 11.3 Å². The molecule has 0 aliphatic rings. The molecule has 1 unspecified atom stereocenters. The van der Waals surface area contributed by atoms with E-state index in [0.717, 1.165) is 19.7 Å². The largest absolute Gasteiger partial charge is 0.377 e. The standard InChI is InChI=1S/C12H22N2OS/c1-5-15-10(4)6-13-7-11-8-14-12(16-11)9(2)3/h8-10,13H,5-7H2,1-4H3. The van der Waals surface area contributed by atoms with Crippen molar-refractivity contribution in [2.45, 2.75) is 46.3 Å². The number of nitrogens with zero attached hydrogens (tertiary/aromatic N) is 1. The molecule has 1 aromatic rings. The van der Waals surface area contributed by atoms with Crippen LogP contribution in [-0.4, -0.2) is 24.2 Å². The Bertz CT molecular complexity index is 299. The molecule has 0 spiro atoms. The summed E-state index contributed by atoms with van der Waals surface area (Å²) in [5.74, 6) is 0.529. The zero-order chi connectivity index (χ0) is 12.0. The summed E-state index contributed by atoms with van der Waals surface area (Å²) in [4.78, 5) is 5.70. The maximum Gasteiger partial charge on any atom is 0.0953 e. The molecule has 0 radical (unpaired) electrons. The van der Waals surface area contributed by atoms with E-state index in [4.69, 9.17) is 4.74 Å². The van der Waals surface area contributed by atoms with E-state index in [1.54, 1.807) is 11.3 Å². The Balaban J connectivity index is 2.26. The van der Waals surface area contributed by atoms with Gasteiger partial charge in [-0.1, -0.05) is 13.8 Å². The molecule has 0 aliphatic heterocycles. The number of aromatic nitrogens is 1. The Morgan fingerprint density at radius 2 is 2.19 bits per heavy atom. The monoisotopic (exact) mass is 242 g/mol. The lowest BCUT2D eigenvalue weighted by Gasteiger charge is -2.11. The lowest BCUT2D eigenvalue weighted by molar-refractivity contribution is 0.0760. The molecule has 1 N–H and O–H groups in total. The normalized spacial score (nSPS) is 13.3. The topological polar surface area (TPSA) is 34.1 Å². The molecule has 92 valence electrons. The van der Waals surface area contributed by atoms with Crippen molar-refractivity contribution in [3.05, 3.63) is 16.1 Å². The van der Waals surface area contributed by atoms with Gasteiger partial charge in [0.2, 0.25) is 0 Å². The van der Waals surface area contributed by atoms with Gasteiger partial charge in [0.1, 0.15) is 0 Å². The second-order valence-electron chi connectivity index (χ2n) is 4.22. The van der Waals surface area contributed by atoms with Gasteiger partial charge in [-0.15, -0.1) is 11.3 Å². The summed E-state index contributed by atoms with van der Waals surface area (Å²) in [6.07, 6.45) is 2.25. The van der Waals surface area contributed by atoms with Crippen molar-refractivity contribution in [1.82, 2.24) is 10.3 Å². The van der Waals surface area contributed by atoms with E-state index < -0.39 is 0 Å². The fraction of sp³-hybridized carbons (Fsp3) is 0.750. The predicted octanol–water partition coefficient (Wildman–Crippen LogP) is 2.78. The summed E-state index contributed by atoms with van der Waals surface area (Å²) in [6, 6.07) is 0. The summed E-state index contributed by atoms with van der Waals surface area (Å²) in [7, 11) is 0. The second-order valence-corrected chi connectivity index (χ2v) is 5.36. The van der Waals surface area contributed by atoms with Crippen LogP contribution < -0.4 is 5.32 Å². The van der Waals surface area contributed by atoms with E-state index in [2.05, 4.69) is 31.1 Å². The summed E-state index contributed by atoms with van der Waals surface area (Å²) >= 11 is 1.79. The van der Waals surface area contributed by atoms with Crippen molar-refractivity contribution in [2.24, 2.45) is 0 Å². The van der Waals surface area contributed by atoms with Crippen LogP contribution >= 0.6 is 11.3 Å². The SMILES string of the molecule is CCOC(C)CNCc1cnc(C(C)C)s1. The molecule has 1 atom stereocenters. The first-order valence-corrected chi connectivity index (χ1v) is 6.72. The van der Waals surface area contributed by atoms with E-state index in [1.807, 2.05) is 13.1 Å². The first-order valence-electron chi connectivity index (χ1n) is 5.90. The van der Waals surface area contributed by atoms with Crippen LogP contribution in [0, 0.1) is 0 Å². The summed E-state index contributed by atoms with van der Waals surface area (Å²) < 4.78 is 5.45. The van der Waals surface area contributed by atoms with Crippen LogP contribution in [0.25, 0.3) is 0 Å². The maximum atomic E-state index is 5.45. The predicted molar refractivity (Wildman–Crippen MR) is 69.0 cm³/mol. The van der Waals surface area contributed by atoms with Gasteiger partial charge >= 0.3 is 0 Å². The van der Waals surface area contributed by atoms with Crippen LogP contribution in [0.3, 0.4) is 0 Å². The molecule has 4 heteroatoms. The molecule has 0 saturated heterocycles. The minimum Gasteiger partial charge on any atom is -0.377 e. The smallest absolute Gasteiger partial charge is 0.0953 e.